The molecule has 0 spiro atoms. The van der Waals surface area contributed by atoms with Crippen LogP contribution in [0.2, 0.25) is 0 Å². The zero-order chi connectivity index (χ0) is 10.4. The molecule has 0 unspecified atom stereocenters. The number of benzene rings is 1. The third kappa shape index (κ3) is 3.16. The maximum absolute atomic E-state index is 8.63. The molecule has 0 aliphatic rings. The Morgan fingerprint density at radius 3 is 2.93 bits per heavy atom. The predicted molar refractivity (Wildman–Crippen MR) is 61.4 cm³/mol. The van der Waals surface area contributed by atoms with Crippen LogP contribution in [0.4, 0.5) is 0 Å². The SMILES string of the molecule is COc1ccc(Br)c(C=CCCO)c1. The first-order valence-corrected chi connectivity index (χ1v) is 5.18. The molecule has 1 N–H and O–H groups in total. The highest BCUT2D eigenvalue weighted by Crippen LogP contribution is 2.23. The van der Waals surface area contributed by atoms with Crippen LogP contribution in [0.1, 0.15) is 12.0 Å². The van der Waals surface area contributed by atoms with E-state index in [2.05, 4.69) is 15.9 Å². The van der Waals surface area contributed by atoms with E-state index in [0.717, 1.165) is 15.8 Å². The lowest BCUT2D eigenvalue weighted by Gasteiger charge is -2.02. The van der Waals surface area contributed by atoms with Gasteiger partial charge in [-0.25, -0.2) is 0 Å². The second-order valence-corrected chi connectivity index (χ2v) is 3.66. The van der Waals surface area contributed by atoms with Crippen molar-refractivity contribution in [2.45, 2.75) is 6.42 Å². The average molecular weight is 257 g/mol. The Hall–Kier alpha value is -0.800. The number of aliphatic hydroxyl groups is 1. The highest BCUT2D eigenvalue weighted by Gasteiger charge is 1.97. The van der Waals surface area contributed by atoms with Crippen molar-refractivity contribution in [1.82, 2.24) is 0 Å². The molecule has 1 aromatic rings. The maximum Gasteiger partial charge on any atom is 0.119 e. The van der Waals surface area contributed by atoms with Crippen LogP contribution >= 0.6 is 15.9 Å². The van der Waals surface area contributed by atoms with Crippen LogP contribution in [-0.2, 0) is 0 Å². The van der Waals surface area contributed by atoms with Gasteiger partial charge in [-0.2, -0.15) is 0 Å². The van der Waals surface area contributed by atoms with Crippen molar-refractivity contribution in [3.05, 3.63) is 34.3 Å². The van der Waals surface area contributed by atoms with E-state index in [0.29, 0.717) is 6.42 Å². The van der Waals surface area contributed by atoms with E-state index in [1.165, 1.54) is 0 Å². The molecule has 0 bridgehead atoms. The van der Waals surface area contributed by atoms with Gasteiger partial charge in [-0.15, -0.1) is 0 Å². The lowest BCUT2D eigenvalue weighted by molar-refractivity contribution is 0.303. The number of halogens is 1. The molecule has 0 aliphatic heterocycles. The zero-order valence-electron chi connectivity index (χ0n) is 8.03. The van der Waals surface area contributed by atoms with Crippen LogP contribution < -0.4 is 4.74 Å². The molecule has 0 aromatic heterocycles. The molecule has 0 radical (unpaired) electrons. The third-order valence-electron chi connectivity index (χ3n) is 1.80. The van der Waals surface area contributed by atoms with Gasteiger partial charge < -0.3 is 9.84 Å². The monoisotopic (exact) mass is 256 g/mol. The van der Waals surface area contributed by atoms with Gasteiger partial charge in [-0.05, 0) is 30.2 Å². The summed E-state index contributed by atoms with van der Waals surface area (Å²) in [7, 11) is 1.64. The number of rotatable bonds is 4. The van der Waals surface area contributed by atoms with Crippen molar-refractivity contribution in [2.75, 3.05) is 13.7 Å². The number of hydrogen-bond acceptors (Lipinski definition) is 2. The van der Waals surface area contributed by atoms with E-state index >= 15 is 0 Å². The smallest absolute Gasteiger partial charge is 0.119 e. The first-order valence-electron chi connectivity index (χ1n) is 4.39. The Labute approximate surface area is 92.3 Å². The lowest BCUT2D eigenvalue weighted by atomic mass is 10.2. The highest BCUT2D eigenvalue weighted by atomic mass is 79.9. The van der Waals surface area contributed by atoms with Gasteiger partial charge in [-0.3, -0.25) is 0 Å². The van der Waals surface area contributed by atoms with Gasteiger partial charge in [0, 0.05) is 11.1 Å². The molecule has 1 rings (SSSR count). The van der Waals surface area contributed by atoms with Gasteiger partial charge in [0.05, 0.1) is 7.11 Å². The Kier molecular flexibility index (Phi) is 4.70. The Morgan fingerprint density at radius 2 is 2.29 bits per heavy atom. The number of hydrogen-bond donors (Lipinski definition) is 1. The van der Waals surface area contributed by atoms with Crippen LogP contribution in [-0.4, -0.2) is 18.8 Å². The quantitative estimate of drug-likeness (QED) is 0.898. The minimum Gasteiger partial charge on any atom is -0.497 e. The van der Waals surface area contributed by atoms with E-state index in [1.807, 2.05) is 30.4 Å². The highest BCUT2D eigenvalue weighted by molar-refractivity contribution is 9.10. The van der Waals surface area contributed by atoms with E-state index in [-0.39, 0.29) is 6.61 Å². The Bertz CT molecular complexity index is 321. The summed E-state index contributed by atoms with van der Waals surface area (Å²) in [6, 6.07) is 5.78. The molecule has 0 atom stereocenters. The van der Waals surface area contributed by atoms with Crippen molar-refractivity contribution in [2.24, 2.45) is 0 Å². The van der Waals surface area contributed by atoms with Crippen LogP contribution in [0.3, 0.4) is 0 Å². The fourth-order valence-corrected chi connectivity index (χ4v) is 1.44. The molecule has 0 aliphatic carbocycles. The lowest BCUT2D eigenvalue weighted by Crippen LogP contribution is -1.84. The minimum absolute atomic E-state index is 0.179. The van der Waals surface area contributed by atoms with Gasteiger partial charge in [0.25, 0.3) is 0 Å². The average Bonchev–Trinajstić information content (AvgIpc) is 2.21. The van der Waals surface area contributed by atoms with Gasteiger partial charge >= 0.3 is 0 Å². The molecule has 3 heteroatoms. The normalized spacial score (nSPS) is 10.8. The van der Waals surface area contributed by atoms with Crippen molar-refractivity contribution < 1.29 is 9.84 Å². The minimum atomic E-state index is 0.179. The Balaban J connectivity index is 2.83. The van der Waals surface area contributed by atoms with Gasteiger partial charge in [0.1, 0.15) is 5.75 Å². The summed E-state index contributed by atoms with van der Waals surface area (Å²) < 4.78 is 6.13. The fourth-order valence-electron chi connectivity index (χ4n) is 1.06. The molecule has 1 aromatic carbocycles. The van der Waals surface area contributed by atoms with Crippen molar-refractivity contribution in [1.29, 1.82) is 0 Å². The summed E-state index contributed by atoms with van der Waals surface area (Å²) in [6.45, 7) is 0.179. The van der Waals surface area contributed by atoms with Gasteiger partial charge in [-0.1, -0.05) is 28.1 Å². The second-order valence-electron chi connectivity index (χ2n) is 2.80. The maximum atomic E-state index is 8.63. The summed E-state index contributed by atoms with van der Waals surface area (Å²) in [6.07, 6.45) is 4.56. The summed E-state index contributed by atoms with van der Waals surface area (Å²) in [5, 5.41) is 8.63. The first-order chi connectivity index (χ1) is 6.77. The van der Waals surface area contributed by atoms with Crippen LogP contribution in [0.25, 0.3) is 6.08 Å². The molecule has 0 fully saturated rings. The van der Waals surface area contributed by atoms with E-state index in [1.54, 1.807) is 7.11 Å². The summed E-state index contributed by atoms with van der Waals surface area (Å²) in [4.78, 5) is 0. The Morgan fingerprint density at radius 1 is 1.50 bits per heavy atom. The molecule has 76 valence electrons. The molecule has 2 nitrogen and oxygen atoms in total. The molecular formula is C11H13BrO2. The summed E-state index contributed by atoms with van der Waals surface area (Å²) in [5.41, 5.74) is 1.05. The van der Waals surface area contributed by atoms with Crippen LogP contribution in [0, 0.1) is 0 Å². The number of methoxy groups -OCH3 is 1. The molecule has 14 heavy (non-hydrogen) atoms. The standard InChI is InChI=1S/C11H13BrO2/c1-14-10-5-6-11(12)9(8-10)4-2-3-7-13/h2,4-6,8,13H,3,7H2,1H3. The largest absolute Gasteiger partial charge is 0.497 e. The third-order valence-corrected chi connectivity index (χ3v) is 2.52. The zero-order valence-corrected chi connectivity index (χ0v) is 9.62. The molecule has 0 saturated carbocycles. The van der Waals surface area contributed by atoms with Crippen LogP contribution in [0.15, 0.2) is 28.7 Å². The number of ether oxygens (including phenoxy) is 1. The fraction of sp³-hybridized carbons (Fsp3) is 0.273. The molecule has 0 heterocycles. The molecule has 0 saturated heterocycles. The molecule has 0 amide bonds. The van der Waals surface area contributed by atoms with Crippen molar-refractivity contribution >= 4 is 22.0 Å². The summed E-state index contributed by atoms with van der Waals surface area (Å²) in [5.74, 6) is 0.830. The van der Waals surface area contributed by atoms with E-state index < -0.39 is 0 Å². The number of aliphatic hydroxyl groups excluding tert-OH is 1. The van der Waals surface area contributed by atoms with Crippen molar-refractivity contribution in [3.8, 4) is 5.75 Å². The predicted octanol–water partition coefficient (Wildman–Crippen LogP) is 2.85. The van der Waals surface area contributed by atoms with E-state index in [9.17, 15) is 0 Å². The topological polar surface area (TPSA) is 29.5 Å². The first kappa shape index (κ1) is 11.3. The van der Waals surface area contributed by atoms with Gasteiger partial charge in [0.15, 0.2) is 0 Å². The van der Waals surface area contributed by atoms with Crippen LogP contribution in [0.5, 0.6) is 5.75 Å². The molecular weight excluding hydrogens is 244 g/mol. The van der Waals surface area contributed by atoms with Crippen molar-refractivity contribution in [3.63, 3.8) is 0 Å². The summed E-state index contributed by atoms with van der Waals surface area (Å²) >= 11 is 3.44. The van der Waals surface area contributed by atoms with E-state index in [4.69, 9.17) is 9.84 Å². The second kappa shape index (κ2) is 5.83. The van der Waals surface area contributed by atoms with Gasteiger partial charge in [0.2, 0.25) is 0 Å².